The van der Waals surface area contributed by atoms with E-state index >= 15 is 0 Å². The molecule has 0 aromatic heterocycles. The van der Waals surface area contributed by atoms with E-state index in [1.54, 1.807) is 12.1 Å². The third-order valence-corrected chi connectivity index (χ3v) is 3.88. The quantitative estimate of drug-likeness (QED) is 0.857. The number of halogens is 1. The first kappa shape index (κ1) is 15.5. The molecule has 2 aromatic carbocycles. The van der Waals surface area contributed by atoms with Crippen molar-refractivity contribution in [2.24, 2.45) is 5.73 Å². The summed E-state index contributed by atoms with van der Waals surface area (Å²) in [5, 5.41) is 0. The van der Waals surface area contributed by atoms with Gasteiger partial charge in [0.05, 0.1) is 7.11 Å². The Morgan fingerprint density at radius 3 is 2.38 bits per heavy atom. The molecule has 0 bridgehead atoms. The molecule has 0 spiro atoms. The van der Waals surface area contributed by atoms with Crippen molar-refractivity contribution >= 4 is 0 Å². The normalized spacial score (nSPS) is 12.2. The molecule has 1 atom stereocenters. The van der Waals surface area contributed by atoms with Crippen LogP contribution >= 0.6 is 0 Å². The molecular weight excluding hydrogens is 265 g/mol. The molecule has 0 aliphatic heterocycles. The molecule has 2 rings (SSSR count). The molecule has 0 saturated heterocycles. The van der Waals surface area contributed by atoms with Crippen molar-refractivity contribution in [3.63, 3.8) is 0 Å². The summed E-state index contributed by atoms with van der Waals surface area (Å²) < 4.78 is 19.1. The number of hydrogen-bond donors (Lipinski definition) is 1. The molecule has 0 aliphatic rings. The first-order valence-corrected chi connectivity index (χ1v) is 7.33. The van der Waals surface area contributed by atoms with Crippen molar-refractivity contribution in [3.05, 3.63) is 53.8 Å². The topological polar surface area (TPSA) is 35.2 Å². The average Bonchev–Trinajstić information content (AvgIpc) is 2.53. The highest BCUT2D eigenvalue weighted by Gasteiger charge is 2.10. The second-order valence-electron chi connectivity index (χ2n) is 5.15. The van der Waals surface area contributed by atoms with E-state index in [9.17, 15) is 4.39 Å². The molecule has 2 N–H and O–H groups in total. The van der Waals surface area contributed by atoms with Crippen molar-refractivity contribution in [3.8, 4) is 16.9 Å². The van der Waals surface area contributed by atoms with Gasteiger partial charge >= 0.3 is 0 Å². The van der Waals surface area contributed by atoms with E-state index in [0.717, 1.165) is 18.4 Å². The molecule has 21 heavy (non-hydrogen) atoms. The Morgan fingerprint density at radius 2 is 1.86 bits per heavy atom. The zero-order chi connectivity index (χ0) is 15.2. The van der Waals surface area contributed by atoms with E-state index < -0.39 is 0 Å². The minimum Gasteiger partial charge on any atom is -0.497 e. The van der Waals surface area contributed by atoms with Crippen LogP contribution in [0.25, 0.3) is 11.1 Å². The number of methoxy groups -OCH3 is 1. The van der Waals surface area contributed by atoms with Crippen LogP contribution in [0, 0.1) is 5.82 Å². The molecule has 0 radical (unpaired) electrons. The summed E-state index contributed by atoms with van der Waals surface area (Å²) in [6.07, 6.45) is 2.04. The molecule has 0 fully saturated rings. The number of nitrogens with two attached hydrogens (primary N) is 1. The summed E-state index contributed by atoms with van der Waals surface area (Å²) in [6, 6.07) is 13.0. The van der Waals surface area contributed by atoms with E-state index in [1.165, 1.54) is 18.7 Å². The van der Waals surface area contributed by atoms with Gasteiger partial charge in [-0.15, -0.1) is 0 Å². The van der Waals surface area contributed by atoms with Crippen molar-refractivity contribution in [2.75, 3.05) is 13.7 Å². The summed E-state index contributed by atoms with van der Waals surface area (Å²) >= 11 is 0. The Morgan fingerprint density at radius 1 is 1.14 bits per heavy atom. The summed E-state index contributed by atoms with van der Waals surface area (Å²) in [5.41, 5.74) is 8.38. The number of rotatable bonds is 6. The van der Waals surface area contributed by atoms with Gasteiger partial charge in [0, 0.05) is 11.6 Å². The maximum absolute atomic E-state index is 14.1. The maximum Gasteiger partial charge on any atom is 0.134 e. The smallest absolute Gasteiger partial charge is 0.134 e. The lowest BCUT2D eigenvalue weighted by Crippen LogP contribution is -2.06. The highest BCUT2D eigenvalue weighted by Crippen LogP contribution is 2.29. The highest BCUT2D eigenvalue weighted by molar-refractivity contribution is 5.65. The van der Waals surface area contributed by atoms with Gasteiger partial charge in [-0.1, -0.05) is 31.2 Å². The monoisotopic (exact) mass is 287 g/mol. The number of hydrogen-bond acceptors (Lipinski definition) is 2. The first-order chi connectivity index (χ1) is 10.2. The molecule has 3 heteroatoms. The van der Waals surface area contributed by atoms with Gasteiger partial charge in [-0.2, -0.15) is 0 Å². The molecule has 2 nitrogen and oxygen atoms in total. The van der Waals surface area contributed by atoms with Crippen LogP contribution < -0.4 is 10.5 Å². The van der Waals surface area contributed by atoms with Crippen LogP contribution in [0.3, 0.4) is 0 Å². The van der Waals surface area contributed by atoms with Crippen LogP contribution in [0.4, 0.5) is 4.39 Å². The first-order valence-electron chi connectivity index (χ1n) is 7.33. The van der Waals surface area contributed by atoms with Crippen LogP contribution in [-0.2, 0) is 0 Å². The predicted molar refractivity (Wildman–Crippen MR) is 85.1 cm³/mol. The maximum atomic E-state index is 14.1. The van der Waals surface area contributed by atoms with Crippen molar-refractivity contribution in [2.45, 2.75) is 25.7 Å². The lowest BCUT2D eigenvalue weighted by atomic mass is 9.91. The number of benzene rings is 2. The Hall–Kier alpha value is -1.87. The summed E-state index contributed by atoms with van der Waals surface area (Å²) in [7, 11) is 1.53. The Balaban J connectivity index is 2.26. The largest absolute Gasteiger partial charge is 0.497 e. The Kier molecular flexibility index (Phi) is 5.34. The van der Waals surface area contributed by atoms with Crippen LogP contribution in [0.5, 0.6) is 5.75 Å². The second kappa shape index (κ2) is 7.23. The summed E-state index contributed by atoms with van der Waals surface area (Å²) in [5.74, 6) is 0.739. The predicted octanol–water partition coefficient (Wildman–Crippen LogP) is 4.34. The fraction of sp³-hybridized carbons (Fsp3) is 0.333. The fourth-order valence-corrected chi connectivity index (χ4v) is 2.60. The minimum atomic E-state index is -0.268. The zero-order valence-electron chi connectivity index (χ0n) is 12.6. The van der Waals surface area contributed by atoms with Crippen molar-refractivity contribution in [1.82, 2.24) is 0 Å². The lowest BCUT2D eigenvalue weighted by Gasteiger charge is -2.15. The van der Waals surface area contributed by atoms with Gasteiger partial charge in [-0.25, -0.2) is 4.39 Å². The lowest BCUT2D eigenvalue weighted by molar-refractivity contribution is 0.411. The third-order valence-electron chi connectivity index (χ3n) is 3.88. The van der Waals surface area contributed by atoms with E-state index in [2.05, 4.69) is 19.1 Å². The van der Waals surface area contributed by atoms with E-state index in [1.807, 2.05) is 12.1 Å². The average molecular weight is 287 g/mol. The van der Waals surface area contributed by atoms with Crippen molar-refractivity contribution in [1.29, 1.82) is 0 Å². The van der Waals surface area contributed by atoms with Gasteiger partial charge in [0.2, 0.25) is 0 Å². The SMILES string of the molecule is CCC(CCN)c1ccc(-c2ccc(OC)cc2F)cc1. The third kappa shape index (κ3) is 3.61. The van der Waals surface area contributed by atoms with Gasteiger partial charge in [0.1, 0.15) is 11.6 Å². The molecule has 1 unspecified atom stereocenters. The molecule has 112 valence electrons. The Labute approximate surface area is 125 Å². The summed E-state index contributed by atoms with van der Waals surface area (Å²) in [4.78, 5) is 0. The molecule has 0 amide bonds. The van der Waals surface area contributed by atoms with Gasteiger partial charge in [0.25, 0.3) is 0 Å². The molecule has 0 heterocycles. The Bertz CT molecular complexity index is 580. The fourth-order valence-electron chi connectivity index (χ4n) is 2.60. The zero-order valence-corrected chi connectivity index (χ0v) is 12.6. The summed E-state index contributed by atoms with van der Waals surface area (Å²) in [6.45, 7) is 2.85. The molecular formula is C18H22FNO. The van der Waals surface area contributed by atoms with Gasteiger partial charge in [-0.05, 0) is 48.6 Å². The molecule has 0 aliphatic carbocycles. The van der Waals surface area contributed by atoms with Gasteiger partial charge in [0.15, 0.2) is 0 Å². The van der Waals surface area contributed by atoms with Crippen LogP contribution in [0.2, 0.25) is 0 Å². The van der Waals surface area contributed by atoms with E-state index in [0.29, 0.717) is 23.8 Å². The van der Waals surface area contributed by atoms with E-state index in [-0.39, 0.29) is 5.82 Å². The highest BCUT2D eigenvalue weighted by atomic mass is 19.1. The molecule has 0 saturated carbocycles. The van der Waals surface area contributed by atoms with Gasteiger partial charge < -0.3 is 10.5 Å². The second-order valence-corrected chi connectivity index (χ2v) is 5.15. The van der Waals surface area contributed by atoms with Crippen LogP contribution in [0.15, 0.2) is 42.5 Å². The van der Waals surface area contributed by atoms with Crippen molar-refractivity contribution < 1.29 is 9.13 Å². The standard InChI is InChI=1S/C18H22FNO/c1-3-13(10-11-20)14-4-6-15(7-5-14)17-9-8-16(21-2)12-18(17)19/h4-9,12-13H,3,10-11,20H2,1-2H3. The number of ether oxygens (including phenoxy) is 1. The van der Waals surface area contributed by atoms with Gasteiger partial charge in [-0.3, -0.25) is 0 Å². The van der Waals surface area contributed by atoms with E-state index in [4.69, 9.17) is 10.5 Å². The minimum absolute atomic E-state index is 0.268. The van der Waals surface area contributed by atoms with Crippen LogP contribution in [0.1, 0.15) is 31.2 Å². The molecule has 2 aromatic rings. The van der Waals surface area contributed by atoms with Crippen LogP contribution in [-0.4, -0.2) is 13.7 Å².